The van der Waals surface area contributed by atoms with Crippen LogP contribution in [0.2, 0.25) is 0 Å². The average molecular weight is 323 g/mol. The number of carbonyl (C=O) groups excluding carboxylic acids is 1. The van der Waals surface area contributed by atoms with Crippen molar-refractivity contribution in [3.05, 3.63) is 35.6 Å². The summed E-state index contributed by atoms with van der Waals surface area (Å²) in [5, 5.41) is 2.95. The lowest BCUT2D eigenvalue weighted by molar-refractivity contribution is 0.0434. The zero-order valence-electron chi connectivity index (χ0n) is 13.9. The molecule has 1 heterocycles. The number of piperidine rings is 1. The van der Waals surface area contributed by atoms with Crippen molar-refractivity contribution in [1.29, 1.82) is 0 Å². The summed E-state index contributed by atoms with van der Waals surface area (Å²) in [4.78, 5) is 16.1. The third-order valence-electron chi connectivity index (χ3n) is 4.13. The van der Waals surface area contributed by atoms with Gasteiger partial charge in [-0.15, -0.1) is 0 Å². The molecule has 0 bridgehead atoms. The molecule has 2 rings (SSSR count). The molecule has 0 aliphatic carbocycles. The van der Waals surface area contributed by atoms with Crippen LogP contribution in [-0.4, -0.2) is 62.3 Å². The van der Waals surface area contributed by atoms with Gasteiger partial charge in [0.15, 0.2) is 0 Å². The van der Waals surface area contributed by atoms with E-state index in [1.54, 1.807) is 19.2 Å². The molecule has 1 aliphatic rings. The summed E-state index contributed by atoms with van der Waals surface area (Å²) in [7, 11) is 3.67. The number of benzene rings is 1. The molecule has 1 N–H and O–H groups in total. The Balaban J connectivity index is 1.67. The van der Waals surface area contributed by atoms with Gasteiger partial charge in [0, 0.05) is 39.8 Å². The summed E-state index contributed by atoms with van der Waals surface area (Å²) >= 11 is 0. The molecule has 1 fully saturated rings. The first-order valence-corrected chi connectivity index (χ1v) is 8.07. The number of likely N-dealkylation sites (tertiary alicyclic amines) is 1. The van der Waals surface area contributed by atoms with Gasteiger partial charge in [-0.25, -0.2) is 9.18 Å². The first-order valence-electron chi connectivity index (χ1n) is 8.07. The minimum atomic E-state index is -0.223. The lowest BCUT2D eigenvalue weighted by Crippen LogP contribution is -2.48. The molecule has 1 aromatic rings. The molecule has 1 atom stereocenters. The zero-order chi connectivity index (χ0) is 16.7. The first-order chi connectivity index (χ1) is 11.1. The van der Waals surface area contributed by atoms with Crippen molar-refractivity contribution < 1.29 is 13.9 Å². The first kappa shape index (κ1) is 17.7. The molecule has 1 aromatic carbocycles. The topological polar surface area (TPSA) is 44.8 Å². The minimum Gasteiger partial charge on any atom is -0.380 e. The monoisotopic (exact) mass is 323 g/mol. The number of nitrogens with zero attached hydrogens (tertiary/aromatic N) is 2. The van der Waals surface area contributed by atoms with Gasteiger partial charge in [0.05, 0.1) is 6.10 Å². The normalized spacial score (nSPS) is 18.3. The molecule has 0 spiro atoms. The standard InChI is InChI=1S/C17H26FN3O2/c1-20(12-14-5-7-15(18)8-6-14)11-9-19-17(22)21-10-3-4-16(13-21)23-2/h5-8,16H,3-4,9-13H2,1-2H3,(H,19,22). The van der Waals surface area contributed by atoms with Crippen molar-refractivity contribution in [2.24, 2.45) is 0 Å². The van der Waals surface area contributed by atoms with Crippen LogP contribution in [0.5, 0.6) is 0 Å². The maximum absolute atomic E-state index is 12.9. The van der Waals surface area contributed by atoms with Crippen LogP contribution in [0.25, 0.3) is 0 Å². The Morgan fingerprint density at radius 3 is 2.87 bits per heavy atom. The number of hydrogen-bond acceptors (Lipinski definition) is 3. The van der Waals surface area contributed by atoms with Gasteiger partial charge in [-0.1, -0.05) is 12.1 Å². The molecular weight excluding hydrogens is 297 g/mol. The molecule has 128 valence electrons. The van der Waals surface area contributed by atoms with E-state index >= 15 is 0 Å². The molecule has 0 radical (unpaired) electrons. The zero-order valence-corrected chi connectivity index (χ0v) is 13.9. The highest BCUT2D eigenvalue weighted by Gasteiger charge is 2.22. The highest BCUT2D eigenvalue weighted by Crippen LogP contribution is 2.12. The van der Waals surface area contributed by atoms with E-state index in [-0.39, 0.29) is 18.0 Å². The van der Waals surface area contributed by atoms with E-state index in [1.807, 2.05) is 11.9 Å². The maximum Gasteiger partial charge on any atom is 0.317 e. The predicted molar refractivity (Wildman–Crippen MR) is 87.7 cm³/mol. The third kappa shape index (κ3) is 5.80. The van der Waals surface area contributed by atoms with E-state index in [1.165, 1.54) is 12.1 Å². The second-order valence-corrected chi connectivity index (χ2v) is 6.04. The van der Waals surface area contributed by atoms with Crippen LogP contribution in [0.1, 0.15) is 18.4 Å². The van der Waals surface area contributed by atoms with Gasteiger partial charge in [0.25, 0.3) is 0 Å². The maximum atomic E-state index is 12.9. The Morgan fingerprint density at radius 1 is 1.43 bits per heavy atom. The number of rotatable bonds is 6. The van der Waals surface area contributed by atoms with Crippen LogP contribution in [-0.2, 0) is 11.3 Å². The van der Waals surface area contributed by atoms with Crippen LogP contribution in [0, 0.1) is 5.82 Å². The number of hydrogen-bond donors (Lipinski definition) is 1. The second kappa shape index (κ2) is 8.84. The molecule has 23 heavy (non-hydrogen) atoms. The van der Waals surface area contributed by atoms with E-state index in [4.69, 9.17) is 4.74 Å². The number of amides is 2. The molecule has 1 unspecified atom stereocenters. The van der Waals surface area contributed by atoms with Crippen LogP contribution >= 0.6 is 0 Å². The van der Waals surface area contributed by atoms with Crippen molar-refractivity contribution in [3.63, 3.8) is 0 Å². The van der Waals surface area contributed by atoms with Crippen molar-refractivity contribution in [2.75, 3.05) is 40.3 Å². The molecule has 1 saturated heterocycles. The SMILES string of the molecule is COC1CCCN(C(=O)NCCN(C)Cc2ccc(F)cc2)C1. The Hall–Kier alpha value is -1.66. The summed E-state index contributed by atoms with van der Waals surface area (Å²) in [6.45, 7) is 3.51. The summed E-state index contributed by atoms with van der Waals surface area (Å²) in [5.41, 5.74) is 1.05. The average Bonchev–Trinajstić information content (AvgIpc) is 2.57. The lowest BCUT2D eigenvalue weighted by atomic mass is 10.1. The van der Waals surface area contributed by atoms with Crippen LogP contribution in [0.3, 0.4) is 0 Å². The van der Waals surface area contributed by atoms with E-state index in [2.05, 4.69) is 10.2 Å². The van der Waals surface area contributed by atoms with Crippen molar-refractivity contribution in [3.8, 4) is 0 Å². The molecule has 0 saturated carbocycles. The highest BCUT2D eigenvalue weighted by molar-refractivity contribution is 5.74. The second-order valence-electron chi connectivity index (χ2n) is 6.04. The van der Waals surface area contributed by atoms with E-state index < -0.39 is 0 Å². The quantitative estimate of drug-likeness (QED) is 0.872. The molecule has 5 nitrogen and oxygen atoms in total. The van der Waals surface area contributed by atoms with Crippen molar-refractivity contribution in [1.82, 2.24) is 15.1 Å². The van der Waals surface area contributed by atoms with Crippen LogP contribution in [0.15, 0.2) is 24.3 Å². The Bertz CT molecular complexity index is 495. The van der Waals surface area contributed by atoms with E-state index in [9.17, 15) is 9.18 Å². The predicted octanol–water partition coefficient (Wildman–Crippen LogP) is 2.08. The van der Waals surface area contributed by atoms with Gasteiger partial charge in [-0.2, -0.15) is 0 Å². The summed E-state index contributed by atoms with van der Waals surface area (Å²) < 4.78 is 18.2. The van der Waals surface area contributed by atoms with E-state index in [0.29, 0.717) is 13.1 Å². The largest absolute Gasteiger partial charge is 0.380 e. The van der Waals surface area contributed by atoms with Gasteiger partial charge in [-0.05, 0) is 37.6 Å². The Labute approximate surface area is 137 Å². The fourth-order valence-electron chi connectivity index (χ4n) is 2.76. The fourth-order valence-corrected chi connectivity index (χ4v) is 2.76. The van der Waals surface area contributed by atoms with Crippen LogP contribution in [0.4, 0.5) is 9.18 Å². The van der Waals surface area contributed by atoms with E-state index in [0.717, 1.165) is 38.0 Å². The Kier molecular flexibility index (Phi) is 6.80. The highest BCUT2D eigenvalue weighted by atomic mass is 19.1. The molecule has 2 amide bonds. The minimum absolute atomic E-state index is 0.0260. The number of nitrogens with one attached hydrogen (secondary N) is 1. The number of carbonyl (C=O) groups is 1. The van der Waals surface area contributed by atoms with Gasteiger partial charge in [0.1, 0.15) is 5.82 Å². The van der Waals surface area contributed by atoms with Gasteiger partial charge < -0.3 is 19.9 Å². The number of methoxy groups -OCH3 is 1. The molecular formula is C17H26FN3O2. The number of urea groups is 1. The van der Waals surface area contributed by atoms with Crippen molar-refractivity contribution >= 4 is 6.03 Å². The third-order valence-corrected chi connectivity index (χ3v) is 4.13. The summed E-state index contributed by atoms with van der Waals surface area (Å²) in [5.74, 6) is -0.223. The Morgan fingerprint density at radius 2 is 2.17 bits per heavy atom. The molecule has 6 heteroatoms. The number of ether oxygens (including phenoxy) is 1. The smallest absolute Gasteiger partial charge is 0.317 e. The van der Waals surface area contributed by atoms with Gasteiger partial charge in [-0.3, -0.25) is 0 Å². The van der Waals surface area contributed by atoms with Crippen molar-refractivity contribution in [2.45, 2.75) is 25.5 Å². The molecule has 1 aliphatic heterocycles. The fraction of sp³-hybridized carbons (Fsp3) is 0.588. The molecule has 0 aromatic heterocycles. The summed E-state index contributed by atoms with van der Waals surface area (Å²) in [6.07, 6.45) is 2.15. The van der Waals surface area contributed by atoms with Crippen LogP contribution < -0.4 is 5.32 Å². The summed E-state index contributed by atoms with van der Waals surface area (Å²) in [6, 6.07) is 6.47. The lowest BCUT2D eigenvalue weighted by Gasteiger charge is -2.32. The van der Waals surface area contributed by atoms with Gasteiger partial charge >= 0.3 is 6.03 Å². The number of halogens is 1. The number of likely N-dealkylation sites (N-methyl/N-ethyl adjacent to an activating group) is 1. The van der Waals surface area contributed by atoms with Gasteiger partial charge in [0.2, 0.25) is 0 Å².